The molecule has 0 unspecified atom stereocenters. The van der Waals surface area contributed by atoms with Crippen molar-refractivity contribution in [3.63, 3.8) is 0 Å². The van der Waals surface area contributed by atoms with Gasteiger partial charge in [0.2, 0.25) is 11.9 Å². The van der Waals surface area contributed by atoms with E-state index in [-0.39, 0.29) is 11.7 Å². The number of amides is 1. The van der Waals surface area contributed by atoms with Crippen LogP contribution >= 0.6 is 11.8 Å². The van der Waals surface area contributed by atoms with Gasteiger partial charge in [-0.1, -0.05) is 42.1 Å². The van der Waals surface area contributed by atoms with Crippen molar-refractivity contribution in [1.29, 1.82) is 0 Å². The smallest absolute Gasteiger partial charge is 0.232 e. The summed E-state index contributed by atoms with van der Waals surface area (Å²) in [5.41, 5.74) is 3.29. The molecule has 0 aliphatic carbocycles. The maximum Gasteiger partial charge on any atom is 0.232 e. The number of carbonyl (C=O) groups excluding carboxylic acids is 1. The van der Waals surface area contributed by atoms with Gasteiger partial charge in [-0.25, -0.2) is 0 Å². The van der Waals surface area contributed by atoms with E-state index in [2.05, 4.69) is 44.0 Å². The van der Waals surface area contributed by atoms with Crippen LogP contribution in [0.5, 0.6) is 5.75 Å². The van der Waals surface area contributed by atoms with Crippen LogP contribution in [0.1, 0.15) is 11.1 Å². The molecule has 0 saturated carbocycles. The number of nitrogens with zero attached hydrogens (tertiary/aromatic N) is 4. The minimum absolute atomic E-state index is 0.0271. The Morgan fingerprint density at radius 3 is 2.61 bits per heavy atom. The number of morpholine rings is 1. The second-order valence-electron chi connectivity index (χ2n) is 7.74. The number of anilines is 1. The maximum atomic E-state index is 12.5. The summed E-state index contributed by atoms with van der Waals surface area (Å²) >= 11 is 1.40. The molecule has 3 aromatic rings. The number of thioether (sulfide) groups is 1. The van der Waals surface area contributed by atoms with E-state index in [0.29, 0.717) is 24.9 Å². The van der Waals surface area contributed by atoms with Gasteiger partial charge in [0.25, 0.3) is 0 Å². The van der Waals surface area contributed by atoms with Gasteiger partial charge in [-0.3, -0.25) is 9.36 Å². The van der Waals surface area contributed by atoms with Crippen molar-refractivity contribution >= 4 is 23.6 Å². The van der Waals surface area contributed by atoms with Crippen molar-refractivity contribution < 1.29 is 14.3 Å². The molecule has 0 atom stereocenters. The first-order chi connectivity index (χ1) is 16.2. The van der Waals surface area contributed by atoms with Crippen LogP contribution in [-0.4, -0.2) is 66.4 Å². The maximum absolute atomic E-state index is 12.5. The number of nitrogens with one attached hydrogen (secondary N) is 1. The van der Waals surface area contributed by atoms with E-state index in [1.807, 2.05) is 36.4 Å². The topological polar surface area (TPSA) is 81.5 Å². The standard InChI is InChI=1S/C24H29N5O3S/c1-18-5-3-4-6-21(18)29-23(28-13-15-32-16-14-28)26-27-24(29)33-17-22(30)25-12-11-19-7-9-20(31-2)10-8-19/h3-10H,11-17H2,1-2H3,(H,25,30). The minimum Gasteiger partial charge on any atom is -0.497 e. The lowest BCUT2D eigenvalue weighted by atomic mass is 10.1. The van der Waals surface area contributed by atoms with Gasteiger partial charge in [0.15, 0.2) is 5.16 Å². The molecule has 1 aliphatic heterocycles. The number of carbonyl (C=O) groups is 1. The molecule has 1 fully saturated rings. The van der Waals surface area contributed by atoms with E-state index >= 15 is 0 Å². The van der Waals surface area contributed by atoms with Crippen LogP contribution in [-0.2, 0) is 16.0 Å². The Bertz CT molecular complexity index is 1060. The van der Waals surface area contributed by atoms with Crippen LogP contribution in [0.25, 0.3) is 5.69 Å². The zero-order valence-corrected chi connectivity index (χ0v) is 19.8. The second kappa shape index (κ2) is 11.2. The molecule has 174 valence electrons. The van der Waals surface area contributed by atoms with E-state index < -0.39 is 0 Å². The number of aryl methyl sites for hydroxylation is 1. The molecule has 1 amide bonds. The van der Waals surface area contributed by atoms with Gasteiger partial charge in [0, 0.05) is 19.6 Å². The van der Waals surface area contributed by atoms with Crippen molar-refractivity contribution in [2.24, 2.45) is 0 Å². The Labute approximate surface area is 198 Å². The number of para-hydroxylation sites is 1. The summed E-state index contributed by atoms with van der Waals surface area (Å²) in [5, 5.41) is 12.6. The third-order valence-corrected chi connectivity index (χ3v) is 6.42. The number of ether oxygens (including phenoxy) is 2. The molecule has 2 heterocycles. The van der Waals surface area contributed by atoms with E-state index in [1.54, 1.807) is 7.11 Å². The molecule has 0 bridgehead atoms. The van der Waals surface area contributed by atoms with Gasteiger partial charge in [-0.2, -0.15) is 0 Å². The molecule has 1 aliphatic rings. The number of benzene rings is 2. The SMILES string of the molecule is COc1ccc(CCNC(=O)CSc2nnc(N3CCOCC3)n2-c2ccccc2C)cc1. The lowest BCUT2D eigenvalue weighted by Gasteiger charge is -2.28. The zero-order chi connectivity index (χ0) is 23.0. The zero-order valence-electron chi connectivity index (χ0n) is 19.0. The molecule has 0 spiro atoms. The highest BCUT2D eigenvalue weighted by Gasteiger charge is 2.23. The number of aromatic nitrogens is 3. The van der Waals surface area contributed by atoms with Crippen LogP contribution in [0.2, 0.25) is 0 Å². The first-order valence-corrected chi connectivity index (χ1v) is 12.0. The van der Waals surface area contributed by atoms with Gasteiger partial charge in [0.05, 0.1) is 31.8 Å². The Balaban J connectivity index is 1.40. The van der Waals surface area contributed by atoms with Crippen molar-refractivity contribution in [2.45, 2.75) is 18.5 Å². The third-order valence-electron chi connectivity index (χ3n) is 5.49. The highest BCUT2D eigenvalue weighted by atomic mass is 32.2. The average Bonchev–Trinajstić information content (AvgIpc) is 3.28. The fraction of sp³-hybridized carbons (Fsp3) is 0.375. The summed E-state index contributed by atoms with van der Waals surface area (Å²) in [6.45, 7) is 5.51. The molecule has 0 radical (unpaired) electrons. The highest BCUT2D eigenvalue weighted by Crippen LogP contribution is 2.28. The van der Waals surface area contributed by atoms with Crippen LogP contribution in [0.3, 0.4) is 0 Å². The van der Waals surface area contributed by atoms with Gasteiger partial charge >= 0.3 is 0 Å². The summed E-state index contributed by atoms with van der Waals surface area (Å²) in [5.74, 6) is 1.86. The van der Waals surface area contributed by atoms with Crippen LogP contribution < -0.4 is 15.0 Å². The summed E-state index contributed by atoms with van der Waals surface area (Å²) < 4.78 is 12.7. The number of methoxy groups -OCH3 is 1. The third kappa shape index (κ3) is 5.85. The Hall–Kier alpha value is -3.04. The fourth-order valence-electron chi connectivity index (χ4n) is 3.67. The first kappa shape index (κ1) is 23.1. The summed E-state index contributed by atoms with van der Waals surface area (Å²) in [7, 11) is 1.65. The van der Waals surface area contributed by atoms with Gasteiger partial charge in [-0.15, -0.1) is 10.2 Å². The Kier molecular flexibility index (Phi) is 7.85. The normalized spacial score (nSPS) is 13.7. The lowest BCUT2D eigenvalue weighted by molar-refractivity contribution is -0.118. The summed E-state index contributed by atoms with van der Waals surface area (Å²) in [6.07, 6.45) is 0.765. The van der Waals surface area contributed by atoms with Crippen molar-refractivity contribution in [2.75, 3.05) is 50.6 Å². The van der Waals surface area contributed by atoms with E-state index in [0.717, 1.165) is 48.0 Å². The molecule has 9 heteroatoms. The van der Waals surface area contributed by atoms with Crippen LogP contribution in [0.15, 0.2) is 53.7 Å². The van der Waals surface area contributed by atoms with E-state index in [4.69, 9.17) is 9.47 Å². The van der Waals surface area contributed by atoms with Gasteiger partial charge in [0.1, 0.15) is 5.75 Å². The molecule has 1 saturated heterocycles. The van der Waals surface area contributed by atoms with Gasteiger partial charge < -0.3 is 19.7 Å². The highest BCUT2D eigenvalue weighted by molar-refractivity contribution is 7.99. The molecule has 1 N–H and O–H groups in total. The van der Waals surface area contributed by atoms with E-state index in [9.17, 15) is 4.79 Å². The predicted molar refractivity (Wildman–Crippen MR) is 130 cm³/mol. The molecule has 2 aromatic carbocycles. The molecular weight excluding hydrogens is 438 g/mol. The summed E-state index contributed by atoms with van der Waals surface area (Å²) in [6, 6.07) is 16.0. The molecular formula is C24H29N5O3S. The van der Waals surface area contributed by atoms with Crippen molar-refractivity contribution in [3.8, 4) is 11.4 Å². The minimum atomic E-state index is -0.0271. The van der Waals surface area contributed by atoms with Crippen molar-refractivity contribution in [3.05, 3.63) is 59.7 Å². The first-order valence-electron chi connectivity index (χ1n) is 11.0. The number of hydrogen-bond acceptors (Lipinski definition) is 7. The van der Waals surface area contributed by atoms with Crippen molar-refractivity contribution in [1.82, 2.24) is 20.1 Å². The predicted octanol–water partition coefficient (Wildman–Crippen LogP) is 2.87. The monoisotopic (exact) mass is 467 g/mol. The lowest BCUT2D eigenvalue weighted by Crippen LogP contribution is -2.38. The molecule has 1 aromatic heterocycles. The summed E-state index contributed by atoms with van der Waals surface area (Å²) in [4.78, 5) is 14.7. The Morgan fingerprint density at radius 1 is 1.12 bits per heavy atom. The molecule has 33 heavy (non-hydrogen) atoms. The van der Waals surface area contributed by atoms with Crippen LogP contribution in [0, 0.1) is 6.92 Å². The second-order valence-corrected chi connectivity index (χ2v) is 8.68. The number of rotatable bonds is 9. The average molecular weight is 468 g/mol. The largest absolute Gasteiger partial charge is 0.497 e. The Morgan fingerprint density at radius 2 is 1.88 bits per heavy atom. The molecule has 8 nitrogen and oxygen atoms in total. The van der Waals surface area contributed by atoms with Crippen LogP contribution in [0.4, 0.5) is 5.95 Å². The fourth-order valence-corrected chi connectivity index (χ4v) is 4.44. The molecule has 4 rings (SSSR count). The quantitative estimate of drug-likeness (QED) is 0.485. The van der Waals surface area contributed by atoms with E-state index in [1.165, 1.54) is 11.8 Å². The van der Waals surface area contributed by atoms with Gasteiger partial charge in [-0.05, 0) is 42.7 Å². The number of hydrogen-bond donors (Lipinski definition) is 1.